The van der Waals surface area contributed by atoms with E-state index in [1.165, 1.54) is 11.1 Å². The summed E-state index contributed by atoms with van der Waals surface area (Å²) in [5.41, 5.74) is 7.56. The Morgan fingerprint density at radius 1 is 1.04 bits per heavy atom. The lowest BCUT2D eigenvalue weighted by atomic mass is 9.99. The van der Waals surface area contributed by atoms with Crippen molar-refractivity contribution in [2.75, 3.05) is 0 Å². The van der Waals surface area contributed by atoms with Gasteiger partial charge in [-0.1, -0.05) is 32.9 Å². The standard InChI is InChI=1S/C23H25N2O/c1-6-17-9-11-19-18-10-7-15(4)21(22(18)26-23(19)24-17)20-12-8-16(14(2)3)13-25(20)5/h7-14H,6H2,1-5H3/q+1. The van der Waals surface area contributed by atoms with Crippen LogP contribution in [0.2, 0.25) is 0 Å². The van der Waals surface area contributed by atoms with Crippen LogP contribution in [0.5, 0.6) is 0 Å². The number of hydrogen-bond acceptors (Lipinski definition) is 2. The molecular weight excluding hydrogens is 320 g/mol. The average Bonchev–Trinajstić information content (AvgIpc) is 2.99. The molecule has 0 aliphatic heterocycles. The largest absolute Gasteiger partial charge is 0.437 e. The summed E-state index contributed by atoms with van der Waals surface area (Å²) in [7, 11) is 2.11. The average molecular weight is 345 g/mol. The van der Waals surface area contributed by atoms with Crippen LogP contribution in [0.3, 0.4) is 0 Å². The number of furan rings is 1. The first kappa shape index (κ1) is 16.8. The molecule has 1 aromatic carbocycles. The lowest BCUT2D eigenvalue weighted by Crippen LogP contribution is -2.31. The van der Waals surface area contributed by atoms with Crippen LogP contribution >= 0.6 is 0 Å². The highest BCUT2D eigenvalue weighted by Gasteiger charge is 2.21. The molecule has 4 aromatic rings. The quantitative estimate of drug-likeness (QED) is 0.461. The summed E-state index contributed by atoms with van der Waals surface area (Å²) in [6.07, 6.45) is 3.12. The Morgan fingerprint density at radius 2 is 1.81 bits per heavy atom. The molecular formula is C23H25N2O+. The summed E-state index contributed by atoms with van der Waals surface area (Å²) >= 11 is 0. The van der Waals surface area contributed by atoms with Gasteiger partial charge in [-0.05, 0) is 43.0 Å². The number of pyridine rings is 2. The van der Waals surface area contributed by atoms with Gasteiger partial charge in [0.2, 0.25) is 11.4 Å². The highest BCUT2D eigenvalue weighted by Crippen LogP contribution is 2.36. The Bertz CT molecular complexity index is 1120. The van der Waals surface area contributed by atoms with E-state index >= 15 is 0 Å². The minimum atomic E-state index is 0.509. The van der Waals surface area contributed by atoms with Crippen molar-refractivity contribution in [3.8, 4) is 11.3 Å². The second-order valence-corrected chi connectivity index (χ2v) is 7.36. The molecule has 0 N–H and O–H groups in total. The van der Waals surface area contributed by atoms with Gasteiger partial charge in [0.25, 0.3) is 0 Å². The van der Waals surface area contributed by atoms with E-state index in [0.717, 1.165) is 45.4 Å². The van der Waals surface area contributed by atoms with Crippen molar-refractivity contribution >= 4 is 22.1 Å². The van der Waals surface area contributed by atoms with E-state index in [2.05, 4.69) is 86.9 Å². The molecule has 0 spiro atoms. The maximum Gasteiger partial charge on any atom is 0.227 e. The summed E-state index contributed by atoms with van der Waals surface area (Å²) in [6, 6.07) is 13.0. The van der Waals surface area contributed by atoms with Crippen molar-refractivity contribution in [1.82, 2.24) is 4.98 Å². The Morgan fingerprint density at radius 3 is 2.50 bits per heavy atom. The van der Waals surface area contributed by atoms with Crippen LogP contribution in [0.1, 0.15) is 43.5 Å². The minimum Gasteiger partial charge on any atom is -0.437 e. The number of hydrogen-bond donors (Lipinski definition) is 0. The molecule has 0 saturated heterocycles. The van der Waals surface area contributed by atoms with E-state index in [1.807, 2.05) is 0 Å². The zero-order valence-corrected chi connectivity index (χ0v) is 16.1. The van der Waals surface area contributed by atoms with Crippen LogP contribution in [0.4, 0.5) is 0 Å². The fraction of sp³-hybridized carbons (Fsp3) is 0.304. The molecule has 0 fully saturated rings. The number of fused-ring (bicyclic) bond motifs is 3. The van der Waals surface area contributed by atoms with Crippen LogP contribution in [-0.4, -0.2) is 4.98 Å². The maximum absolute atomic E-state index is 6.27. The Balaban J connectivity index is 2.01. The molecule has 3 nitrogen and oxygen atoms in total. The van der Waals surface area contributed by atoms with Gasteiger partial charge >= 0.3 is 0 Å². The lowest BCUT2D eigenvalue weighted by Gasteiger charge is -2.08. The Kier molecular flexibility index (Phi) is 4.03. The summed E-state index contributed by atoms with van der Waals surface area (Å²) in [6.45, 7) is 8.69. The number of rotatable bonds is 3. The molecule has 0 radical (unpaired) electrons. The van der Waals surface area contributed by atoms with E-state index in [-0.39, 0.29) is 0 Å². The molecule has 0 atom stereocenters. The first-order chi connectivity index (χ1) is 12.5. The van der Waals surface area contributed by atoms with Crippen molar-refractivity contribution in [2.24, 2.45) is 7.05 Å². The zero-order chi connectivity index (χ0) is 18.4. The second-order valence-electron chi connectivity index (χ2n) is 7.36. The monoisotopic (exact) mass is 345 g/mol. The maximum atomic E-state index is 6.27. The van der Waals surface area contributed by atoms with Crippen LogP contribution in [0, 0.1) is 6.92 Å². The van der Waals surface area contributed by atoms with Gasteiger partial charge in [-0.2, -0.15) is 0 Å². The van der Waals surface area contributed by atoms with E-state index in [4.69, 9.17) is 4.42 Å². The SMILES string of the molecule is CCc1ccc2c(n1)oc1c(-c3ccc(C(C)C)c[n+]3C)c(C)ccc12. The highest BCUT2D eigenvalue weighted by atomic mass is 16.3. The van der Waals surface area contributed by atoms with E-state index in [0.29, 0.717) is 5.92 Å². The van der Waals surface area contributed by atoms with Crippen LogP contribution in [0.25, 0.3) is 33.3 Å². The number of nitrogens with zero attached hydrogens (tertiary/aromatic N) is 2. The van der Waals surface area contributed by atoms with Crippen molar-refractivity contribution in [3.63, 3.8) is 0 Å². The predicted molar refractivity (Wildman–Crippen MR) is 106 cm³/mol. The molecule has 26 heavy (non-hydrogen) atoms. The Labute approximate surface area is 154 Å². The lowest BCUT2D eigenvalue weighted by molar-refractivity contribution is -0.660. The van der Waals surface area contributed by atoms with Gasteiger partial charge in [0.1, 0.15) is 7.05 Å². The normalized spacial score (nSPS) is 11.8. The molecule has 0 bridgehead atoms. The summed E-state index contributed by atoms with van der Waals surface area (Å²) < 4.78 is 8.47. The van der Waals surface area contributed by atoms with Crippen LogP contribution < -0.4 is 4.57 Å². The zero-order valence-electron chi connectivity index (χ0n) is 16.1. The predicted octanol–water partition coefficient (Wildman–Crippen LogP) is 5.47. The summed E-state index contributed by atoms with van der Waals surface area (Å²) in [5.74, 6) is 0.509. The van der Waals surface area contributed by atoms with Crippen LogP contribution in [0.15, 0.2) is 47.0 Å². The van der Waals surface area contributed by atoms with E-state index in [9.17, 15) is 0 Å². The molecule has 0 unspecified atom stereocenters. The Hall–Kier alpha value is -2.68. The van der Waals surface area contributed by atoms with Gasteiger partial charge in [-0.3, -0.25) is 0 Å². The first-order valence-electron chi connectivity index (χ1n) is 9.31. The molecule has 132 valence electrons. The van der Waals surface area contributed by atoms with E-state index in [1.54, 1.807) is 0 Å². The third-order valence-corrected chi connectivity index (χ3v) is 5.21. The van der Waals surface area contributed by atoms with Crippen molar-refractivity contribution in [2.45, 2.75) is 40.0 Å². The fourth-order valence-electron chi connectivity index (χ4n) is 3.60. The molecule has 0 aliphatic carbocycles. The van der Waals surface area contributed by atoms with Crippen molar-refractivity contribution in [3.05, 3.63) is 59.4 Å². The number of aromatic nitrogens is 2. The summed E-state index contributed by atoms with van der Waals surface area (Å²) in [5, 5.41) is 2.21. The van der Waals surface area contributed by atoms with Gasteiger partial charge in [0.15, 0.2) is 11.8 Å². The molecule has 0 aliphatic rings. The van der Waals surface area contributed by atoms with E-state index < -0.39 is 0 Å². The first-order valence-corrected chi connectivity index (χ1v) is 9.31. The van der Waals surface area contributed by atoms with Gasteiger partial charge in [0.05, 0.1) is 5.56 Å². The molecule has 0 saturated carbocycles. The third kappa shape index (κ3) is 2.59. The van der Waals surface area contributed by atoms with Gasteiger partial charge in [-0.15, -0.1) is 0 Å². The molecule has 3 heteroatoms. The van der Waals surface area contributed by atoms with Crippen molar-refractivity contribution in [1.29, 1.82) is 0 Å². The van der Waals surface area contributed by atoms with Gasteiger partial charge in [-0.25, -0.2) is 9.55 Å². The third-order valence-electron chi connectivity index (χ3n) is 5.21. The second kappa shape index (κ2) is 6.24. The molecule has 3 heterocycles. The minimum absolute atomic E-state index is 0.509. The highest BCUT2D eigenvalue weighted by molar-refractivity contribution is 6.08. The number of aryl methyl sites for hydroxylation is 3. The fourth-order valence-corrected chi connectivity index (χ4v) is 3.60. The molecule has 4 rings (SSSR count). The number of benzene rings is 1. The molecule has 0 amide bonds. The van der Waals surface area contributed by atoms with Crippen LogP contribution in [-0.2, 0) is 13.5 Å². The van der Waals surface area contributed by atoms with Gasteiger partial charge < -0.3 is 4.42 Å². The molecule has 3 aromatic heterocycles. The van der Waals surface area contributed by atoms with Crippen molar-refractivity contribution < 1.29 is 8.98 Å². The topological polar surface area (TPSA) is 29.9 Å². The van der Waals surface area contributed by atoms with Gasteiger partial charge in [0, 0.05) is 28.1 Å². The summed E-state index contributed by atoms with van der Waals surface area (Å²) in [4.78, 5) is 4.68. The smallest absolute Gasteiger partial charge is 0.227 e.